The van der Waals surface area contributed by atoms with Crippen LogP contribution < -0.4 is 9.47 Å². The maximum absolute atomic E-state index is 13.1. The van der Waals surface area contributed by atoms with Crippen LogP contribution in [0, 0.1) is 0 Å². The third-order valence-electron chi connectivity index (χ3n) is 5.34. The van der Waals surface area contributed by atoms with Crippen LogP contribution >= 0.6 is 11.6 Å². The summed E-state index contributed by atoms with van der Waals surface area (Å²) in [5.74, 6) is 0.872. The van der Waals surface area contributed by atoms with Gasteiger partial charge in [0.25, 0.3) is 0 Å². The quantitative estimate of drug-likeness (QED) is 0.386. The predicted octanol–water partition coefficient (Wildman–Crippen LogP) is 6.05. The first-order chi connectivity index (χ1) is 15.2. The van der Waals surface area contributed by atoms with E-state index in [1.807, 2.05) is 24.3 Å². The zero-order chi connectivity index (χ0) is 21.5. The molecule has 2 aliphatic heterocycles. The first kappa shape index (κ1) is 21.9. The number of hydrogen-bond donors (Lipinski definition) is 0. The molecule has 0 amide bonds. The molecule has 6 heteroatoms. The second-order valence-electron chi connectivity index (χ2n) is 7.71. The highest BCUT2D eigenvalue weighted by molar-refractivity contribution is 6.32. The Labute approximate surface area is 187 Å². The number of carbonyl (C=O) groups is 1. The highest BCUT2D eigenvalue weighted by atomic mass is 35.5. The molecule has 2 aromatic carbocycles. The largest absolute Gasteiger partial charge is 0.465 e. The maximum atomic E-state index is 13.1. The van der Waals surface area contributed by atoms with Gasteiger partial charge in [-0.1, -0.05) is 29.8 Å². The third kappa shape index (κ3) is 6.10. The van der Waals surface area contributed by atoms with Crippen molar-refractivity contribution in [2.45, 2.75) is 51.1 Å². The van der Waals surface area contributed by atoms with E-state index in [-0.39, 0.29) is 18.4 Å². The summed E-state index contributed by atoms with van der Waals surface area (Å²) in [5, 5.41) is 0.588. The van der Waals surface area contributed by atoms with Crippen LogP contribution in [0.4, 0.5) is 0 Å². The summed E-state index contributed by atoms with van der Waals surface area (Å²) in [6, 6.07) is 12.7. The van der Waals surface area contributed by atoms with Crippen LogP contribution in [-0.2, 0) is 9.47 Å². The van der Waals surface area contributed by atoms with Gasteiger partial charge in [-0.3, -0.25) is 4.79 Å². The molecular weight excluding hydrogens is 416 g/mol. The average Bonchev–Trinajstić information content (AvgIpc) is 2.81. The van der Waals surface area contributed by atoms with Gasteiger partial charge in [-0.2, -0.15) is 0 Å². The van der Waals surface area contributed by atoms with Crippen LogP contribution in [0.5, 0.6) is 11.5 Å². The second-order valence-corrected chi connectivity index (χ2v) is 8.11. The minimum atomic E-state index is -0.346. The molecule has 164 valence electrons. The van der Waals surface area contributed by atoms with Crippen LogP contribution in [-0.4, -0.2) is 31.6 Å². The molecule has 2 fully saturated rings. The molecule has 2 aromatic rings. The number of carbonyl (C=O) groups excluding carboxylic acids is 1. The summed E-state index contributed by atoms with van der Waals surface area (Å²) in [7, 11) is 0. The van der Waals surface area contributed by atoms with E-state index in [9.17, 15) is 4.79 Å². The Morgan fingerprint density at radius 2 is 1.65 bits per heavy atom. The molecule has 0 spiro atoms. The van der Waals surface area contributed by atoms with Gasteiger partial charge in [0.1, 0.15) is 11.5 Å². The van der Waals surface area contributed by atoms with E-state index in [2.05, 4.69) is 0 Å². The van der Waals surface area contributed by atoms with Gasteiger partial charge in [0, 0.05) is 17.9 Å². The summed E-state index contributed by atoms with van der Waals surface area (Å²) in [5.41, 5.74) is 1.20. The lowest BCUT2D eigenvalue weighted by Crippen LogP contribution is -2.26. The maximum Gasteiger partial charge on any atom is 0.199 e. The molecule has 0 aromatic heterocycles. The van der Waals surface area contributed by atoms with E-state index in [4.69, 9.17) is 30.5 Å². The van der Waals surface area contributed by atoms with Crippen molar-refractivity contribution in [2.75, 3.05) is 13.2 Å². The fourth-order valence-corrected chi connectivity index (χ4v) is 3.84. The second kappa shape index (κ2) is 10.8. The number of hydrogen-bond acceptors (Lipinski definition) is 5. The minimum Gasteiger partial charge on any atom is -0.465 e. The monoisotopic (exact) mass is 442 g/mol. The van der Waals surface area contributed by atoms with Crippen molar-refractivity contribution < 1.29 is 23.7 Å². The van der Waals surface area contributed by atoms with Gasteiger partial charge in [-0.25, -0.2) is 0 Å². The van der Waals surface area contributed by atoms with E-state index in [1.54, 1.807) is 24.3 Å². The highest BCUT2D eigenvalue weighted by Gasteiger charge is 2.21. The van der Waals surface area contributed by atoms with Gasteiger partial charge in [-0.15, -0.1) is 0 Å². The van der Waals surface area contributed by atoms with Crippen LogP contribution in [0.3, 0.4) is 0 Å². The van der Waals surface area contributed by atoms with Crippen LogP contribution in [0.25, 0.3) is 6.08 Å². The van der Waals surface area contributed by atoms with Crippen molar-refractivity contribution in [2.24, 2.45) is 0 Å². The van der Waals surface area contributed by atoms with E-state index < -0.39 is 0 Å². The standard InChI is InChI=1S/C25H27ClO5/c26-21-8-2-1-7-18(21)11-13-22(27)20-17-19(30-24-9-3-5-15-28-24)12-14-23(20)31-25-10-4-6-16-29-25/h1-2,7-8,11-14,17,24-25H,3-6,9-10,15-16H2/b13-11+. The fraction of sp³-hybridized carbons (Fsp3) is 0.400. The van der Waals surface area contributed by atoms with Gasteiger partial charge in [0.05, 0.1) is 18.8 Å². The molecule has 2 aliphatic rings. The zero-order valence-electron chi connectivity index (χ0n) is 17.4. The number of allylic oxidation sites excluding steroid dienone is 1. The van der Waals surface area contributed by atoms with Crippen LogP contribution in [0.2, 0.25) is 5.02 Å². The molecule has 0 aliphatic carbocycles. The van der Waals surface area contributed by atoms with Gasteiger partial charge in [-0.05, 0) is 67.7 Å². The van der Waals surface area contributed by atoms with Gasteiger partial charge in [0.15, 0.2) is 18.4 Å². The molecule has 2 unspecified atom stereocenters. The molecule has 0 N–H and O–H groups in total. The van der Waals surface area contributed by atoms with Crippen molar-refractivity contribution in [3.63, 3.8) is 0 Å². The normalized spacial score (nSPS) is 21.7. The van der Waals surface area contributed by atoms with Crippen molar-refractivity contribution in [1.82, 2.24) is 0 Å². The lowest BCUT2D eigenvalue weighted by atomic mass is 10.1. The van der Waals surface area contributed by atoms with Crippen LogP contribution in [0.1, 0.15) is 54.4 Å². The summed E-state index contributed by atoms with van der Waals surface area (Å²) >= 11 is 6.21. The molecule has 4 rings (SSSR count). The zero-order valence-corrected chi connectivity index (χ0v) is 18.2. The molecule has 0 saturated carbocycles. The Hall–Kier alpha value is -2.34. The lowest BCUT2D eigenvalue weighted by molar-refractivity contribution is -0.107. The minimum absolute atomic E-state index is 0.194. The first-order valence-corrected chi connectivity index (χ1v) is 11.2. The Bertz CT molecular complexity index is 914. The Balaban J connectivity index is 1.56. The fourth-order valence-electron chi connectivity index (χ4n) is 3.64. The molecule has 0 bridgehead atoms. The third-order valence-corrected chi connectivity index (χ3v) is 5.68. The summed E-state index contributed by atoms with van der Waals surface area (Å²) < 4.78 is 23.4. The first-order valence-electron chi connectivity index (χ1n) is 10.9. The molecule has 31 heavy (non-hydrogen) atoms. The van der Waals surface area contributed by atoms with Crippen molar-refractivity contribution in [3.05, 3.63) is 64.7 Å². The van der Waals surface area contributed by atoms with E-state index in [0.29, 0.717) is 35.3 Å². The molecule has 0 radical (unpaired) electrons. The summed E-state index contributed by atoms with van der Waals surface area (Å²) in [6.45, 7) is 1.36. The Kier molecular flexibility index (Phi) is 7.62. The van der Waals surface area contributed by atoms with E-state index in [0.717, 1.165) is 44.1 Å². The Morgan fingerprint density at radius 1 is 0.935 bits per heavy atom. The molecular formula is C25H27ClO5. The molecule has 5 nitrogen and oxygen atoms in total. The topological polar surface area (TPSA) is 54.0 Å². The highest BCUT2D eigenvalue weighted by Crippen LogP contribution is 2.30. The summed E-state index contributed by atoms with van der Waals surface area (Å²) in [6.07, 6.45) is 8.41. The smallest absolute Gasteiger partial charge is 0.199 e. The molecule has 2 heterocycles. The number of ketones is 1. The number of rotatable bonds is 7. The van der Waals surface area contributed by atoms with Gasteiger partial charge >= 0.3 is 0 Å². The summed E-state index contributed by atoms with van der Waals surface area (Å²) in [4.78, 5) is 13.1. The SMILES string of the molecule is O=C(/C=C/c1ccccc1Cl)c1cc(OC2CCCCO2)ccc1OC1CCCCO1. The average molecular weight is 443 g/mol. The lowest BCUT2D eigenvalue weighted by Gasteiger charge is -2.25. The molecule has 2 saturated heterocycles. The van der Waals surface area contributed by atoms with Crippen molar-refractivity contribution >= 4 is 23.5 Å². The molecule has 2 atom stereocenters. The van der Waals surface area contributed by atoms with E-state index >= 15 is 0 Å². The number of ether oxygens (including phenoxy) is 4. The Morgan fingerprint density at radius 3 is 2.32 bits per heavy atom. The van der Waals surface area contributed by atoms with Gasteiger partial charge < -0.3 is 18.9 Å². The van der Waals surface area contributed by atoms with Crippen molar-refractivity contribution in [3.8, 4) is 11.5 Å². The van der Waals surface area contributed by atoms with E-state index in [1.165, 1.54) is 6.08 Å². The van der Waals surface area contributed by atoms with Crippen molar-refractivity contribution in [1.29, 1.82) is 0 Å². The van der Waals surface area contributed by atoms with Gasteiger partial charge in [0.2, 0.25) is 0 Å². The van der Waals surface area contributed by atoms with Crippen LogP contribution in [0.15, 0.2) is 48.5 Å². The number of halogens is 1. The predicted molar refractivity (Wildman–Crippen MR) is 120 cm³/mol. The number of benzene rings is 2.